The van der Waals surface area contributed by atoms with Gasteiger partial charge in [0.25, 0.3) is 5.91 Å². The molecule has 4 N–H and O–H groups in total. The van der Waals surface area contributed by atoms with E-state index < -0.39 is 0 Å². The van der Waals surface area contributed by atoms with E-state index in [1.54, 1.807) is 12.3 Å². The van der Waals surface area contributed by atoms with E-state index in [2.05, 4.69) is 26.3 Å². The number of fused-ring (bicyclic) bond motifs is 2. The molecule has 0 saturated heterocycles. The first-order chi connectivity index (χ1) is 12.7. The zero-order valence-corrected chi connectivity index (χ0v) is 14.5. The number of rotatable bonds is 5. The molecule has 0 atom stereocenters. The van der Waals surface area contributed by atoms with E-state index in [9.17, 15) is 4.79 Å². The van der Waals surface area contributed by atoms with Crippen molar-refractivity contribution in [2.45, 2.75) is 19.9 Å². The number of benzene rings is 1. The average Bonchev–Trinajstić information content (AvgIpc) is 3.21. The smallest absolute Gasteiger partial charge is 0.252 e. The number of carbonyl (C=O) groups excluding carboxylic acids is 1. The minimum absolute atomic E-state index is 0.163. The molecule has 7 heteroatoms. The molecule has 0 aliphatic carbocycles. The molecule has 0 spiro atoms. The number of hydrogen-bond acceptors (Lipinski definition) is 4. The summed E-state index contributed by atoms with van der Waals surface area (Å²) in [5.74, 6) is 0.246. The third-order valence-corrected chi connectivity index (χ3v) is 4.55. The number of para-hydroxylation sites is 1. The fourth-order valence-electron chi connectivity index (χ4n) is 3.22. The molecule has 4 aromatic rings. The highest BCUT2D eigenvalue weighted by molar-refractivity contribution is 5.96. The molecule has 3 heterocycles. The van der Waals surface area contributed by atoms with Gasteiger partial charge in [0.15, 0.2) is 5.65 Å². The molecule has 0 radical (unpaired) electrons. The van der Waals surface area contributed by atoms with E-state index in [1.807, 2.05) is 35.9 Å². The molecule has 1 aromatic carbocycles. The maximum Gasteiger partial charge on any atom is 0.252 e. The van der Waals surface area contributed by atoms with Crippen molar-refractivity contribution in [1.82, 2.24) is 24.8 Å². The second-order valence-electron chi connectivity index (χ2n) is 6.15. The molecular weight excluding hydrogens is 328 g/mol. The summed E-state index contributed by atoms with van der Waals surface area (Å²) < 4.78 is 1.81. The Hall–Kier alpha value is -3.35. The maximum atomic E-state index is 12.4. The minimum atomic E-state index is -0.163. The van der Waals surface area contributed by atoms with Crippen LogP contribution < -0.4 is 11.1 Å². The summed E-state index contributed by atoms with van der Waals surface area (Å²) in [5, 5.41) is 4.13. The Morgan fingerprint density at radius 3 is 3.04 bits per heavy atom. The lowest BCUT2D eigenvalue weighted by molar-refractivity contribution is 0.0954. The first-order valence-electron chi connectivity index (χ1n) is 8.62. The Balaban J connectivity index is 1.45. The molecule has 7 nitrogen and oxygen atoms in total. The molecule has 0 fully saturated rings. The number of hydrogen-bond donors (Lipinski definition) is 3. The lowest BCUT2D eigenvalue weighted by Gasteiger charge is -2.05. The summed E-state index contributed by atoms with van der Waals surface area (Å²) in [4.78, 5) is 24.3. The number of carbonyl (C=O) groups is 1. The minimum Gasteiger partial charge on any atom is -0.369 e. The predicted molar refractivity (Wildman–Crippen MR) is 102 cm³/mol. The van der Waals surface area contributed by atoms with Crippen molar-refractivity contribution in [2.24, 2.45) is 0 Å². The Bertz CT molecular complexity index is 1090. The molecule has 26 heavy (non-hydrogen) atoms. The summed E-state index contributed by atoms with van der Waals surface area (Å²) in [6.07, 6.45) is 4.31. The molecule has 1 amide bonds. The number of H-pyrrole nitrogens is 1. The van der Waals surface area contributed by atoms with Crippen LogP contribution in [0.2, 0.25) is 0 Å². The Morgan fingerprint density at radius 2 is 2.19 bits per heavy atom. The van der Waals surface area contributed by atoms with E-state index >= 15 is 0 Å². The van der Waals surface area contributed by atoms with Crippen molar-refractivity contribution in [3.63, 3.8) is 0 Å². The number of pyridine rings is 1. The molecule has 3 aromatic heterocycles. The second-order valence-corrected chi connectivity index (χ2v) is 6.15. The number of nitrogens with one attached hydrogen (secondary N) is 2. The van der Waals surface area contributed by atoms with Gasteiger partial charge < -0.3 is 16.0 Å². The van der Waals surface area contributed by atoms with Gasteiger partial charge in [-0.2, -0.15) is 0 Å². The Labute approximate surface area is 150 Å². The molecule has 4 rings (SSSR count). The normalized spacial score (nSPS) is 11.3. The van der Waals surface area contributed by atoms with Crippen LogP contribution in [0.25, 0.3) is 22.1 Å². The molecule has 0 bridgehead atoms. The molecular formula is C19H20N6O. The van der Waals surface area contributed by atoms with Crippen LogP contribution in [0.3, 0.4) is 0 Å². The lowest BCUT2D eigenvalue weighted by Crippen LogP contribution is -2.25. The predicted octanol–water partition coefficient (Wildman–Crippen LogP) is 2.49. The van der Waals surface area contributed by atoms with Gasteiger partial charge in [-0.15, -0.1) is 0 Å². The lowest BCUT2D eigenvalue weighted by atomic mass is 10.1. The first kappa shape index (κ1) is 16.1. The van der Waals surface area contributed by atoms with Crippen molar-refractivity contribution in [3.05, 3.63) is 53.9 Å². The van der Waals surface area contributed by atoms with Crippen LogP contribution in [0.1, 0.15) is 22.8 Å². The highest BCUT2D eigenvalue weighted by Crippen LogP contribution is 2.18. The van der Waals surface area contributed by atoms with Crippen LogP contribution in [0, 0.1) is 0 Å². The van der Waals surface area contributed by atoms with E-state index in [0.29, 0.717) is 35.8 Å². The van der Waals surface area contributed by atoms with Crippen LogP contribution in [0.4, 0.5) is 5.95 Å². The van der Waals surface area contributed by atoms with Gasteiger partial charge in [-0.1, -0.05) is 18.2 Å². The molecule has 0 saturated carbocycles. The summed E-state index contributed by atoms with van der Waals surface area (Å²) in [6, 6.07) is 9.86. The standard InChI is InChI=1S/C19H20N6O/c1-2-25-17-16(24-19(25)20)9-13(11-23-17)18(26)21-8-7-12-10-22-15-6-4-3-5-14(12)15/h3-6,9-11,22H,2,7-8H2,1H3,(H2,20,24)(H,21,26). The van der Waals surface area contributed by atoms with Crippen LogP contribution >= 0.6 is 0 Å². The quantitative estimate of drug-likeness (QED) is 0.516. The number of imidazole rings is 1. The monoisotopic (exact) mass is 348 g/mol. The van der Waals surface area contributed by atoms with Crippen molar-refractivity contribution in [3.8, 4) is 0 Å². The summed E-state index contributed by atoms with van der Waals surface area (Å²) in [6.45, 7) is 3.21. The largest absolute Gasteiger partial charge is 0.369 e. The number of nitrogen functional groups attached to an aromatic ring is 1. The SMILES string of the molecule is CCn1c(N)nc2cc(C(=O)NCCc3c[nH]c4ccccc34)cnc21. The summed E-state index contributed by atoms with van der Waals surface area (Å²) in [5.41, 5.74) is 9.98. The van der Waals surface area contributed by atoms with Gasteiger partial charge in [0.05, 0.1) is 5.56 Å². The van der Waals surface area contributed by atoms with Gasteiger partial charge in [0.2, 0.25) is 5.95 Å². The third-order valence-electron chi connectivity index (χ3n) is 4.55. The van der Waals surface area contributed by atoms with E-state index in [-0.39, 0.29) is 5.91 Å². The highest BCUT2D eigenvalue weighted by atomic mass is 16.1. The van der Waals surface area contributed by atoms with Crippen LogP contribution in [0.5, 0.6) is 0 Å². The van der Waals surface area contributed by atoms with Crippen molar-refractivity contribution < 1.29 is 4.79 Å². The van der Waals surface area contributed by atoms with E-state index in [4.69, 9.17) is 5.73 Å². The van der Waals surface area contributed by atoms with Crippen molar-refractivity contribution >= 4 is 33.9 Å². The topological polar surface area (TPSA) is 102 Å². The number of aromatic amines is 1. The summed E-state index contributed by atoms with van der Waals surface area (Å²) >= 11 is 0. The first-order valence-corrected chi connectivity index (χ1v) is 8.62. The number of nitrogens with zero attached hydrogens (tertiary/aromatic N) is 3. The van der Waals surface area contributed by atoms with Gasteiger partial charge >= 0.3 is 0 Å². The summed E-state index contributed by atoms with van der Waals surface area (Å²) in [7, 11) is 0. The fraction of sp³-hybridized carbons (Fsp3) is 0.211. The number of aryl methyl sites for hydroxylation is 1. The molecule has 0 unspecified atom stereocenters. The Morgan fingerprint density at radius 1 is 1.35 bits per heavy atom. The molecule has 132 valence electrons. The van der Waals surface area contributed by atoms with E-state index in [0.717, 1.165) is 11.9 Å². The van der Waals surface area contributed by atoms with Crippen LogP contribution in [-0.4, -0.2) is 32.0 Å². The second kappa shape index (κ2) is 6.51. The van der Waals surface area contributed by atoms with Crippen molar-refractivity contribution in [1.29, 1.82) is 0 Å². The number of amides is 1. The van der Waals surface area contributed by atoms with Gasteiger partial charge in [-0.25, -0.2) is 9.97 Å². The molecule has 0 aliphatic rings. The van der Waals surface area contributed by atoms with Crippen molar-refractivity contribution in [2.75, 3.05) is 12.3 Å². The van der Waals surface area contributed by atoms with E-state index in [1.165, 1.54) is 10.9 Å². The highest BCUT2D eigenvalue weighted by Gasteiger charge is 2.12. The van der Waals surface area contributed by atoms with Gasteiger partial charge in [-0.3, -0.25) is 9.36 Å². The van der Waals surface area contributed by atoms with Crippen LogP contribution in [-0.2, 0) is 13.0 Å². The number of aromatic nitrogens is 4. The zero-order valence-electron chi connectivity index (χ0n) is 14.5. The number of nitrogens with two attached hydrogens (primary N) is 1. The average molecular weight is 348 g/mol. The van der Waals surface area contributed by atoms with Crippen LogP contribution in [0.15, 0.2) is 42.7 Å². The number of anilines is 1. The fourth-order valence-corrected chi connectivity index (χ4v) is 3.22. The third kappa shape index (κ3) is 2.77. The van der Waals surface area contributed by atoms with Gasteiger partial charge in [-0.05, 0) is 31.0 Å². The zero-order chi connectivity index (χ0) is 18.1. The Kier molecular flexibility index (Phi) is 4.04. The molecule has 0 aliphatic heterocycles. The van der Waals surface area contributed by atoms with Gasteiger partial charge in [0.1, 0.15) is 5.52 Å². The maximum absolute atomic E-state index is 12.4. The van der Waals surface area contributed by atoms with Gasteiger partial charge in [0, 0.05) is 36.4 Å².